The summed E-state index contributed by atoms with van der Waals surface area (Å²) in [5.41, 5.74) is 0. The Labute approximate surface area is 74.9 Å². The molecule has 0 bridgehead atoms. The van der Waals surface area contributed by atoms with Gasteiger partial charge in [0.25, 0.3) is 0 Å². The molecule has 12 heavy (non-hydrogen) atoms. The molecule has 0 aliphatic rings. The molecule has 0 aliphatic carbocycles. The largest absolute Gasteiger partial charge is 0.377 e. The minimum absolute atomic E-state index is 0.0964. The zero-order valence-electron chi connectivity index (χ0n) is 7.40. The highest BCUT2D eigenvalue weighted by molar-refractivity contribution is 7.70. The van der Waals surface area contributed by atoms with Gasteiger partial charge in [-0.1, -0.05) is 6.58 Å². The van der Waals surface area contributed by atoms with E-state index in [0.29, 0.717) is 13.2 Å². The molecule has 0 spiro atoms. The molecule has 0 rings (SSSR count). The van der Waals surface area contributed by atoms with Gasteiger partial charge in [-0.15, -0.1) is 0 Å². The summed E-state index contributed by atoms with van der Waals surface area (Å²) in [6, 6.07) is 0. The maximum Gasteiger partial charge on any atom is 0.224 e. The van der Waals surface area contributed by atoms with Gasteiger partial charge in [-0.05, 0) is 13.8 Å². The van der Waals surface area contributed by atoms with Crippen molar-refractivity contribution in [3.63, 3.8) is 0 Å². The molecule has 0 amide bonds. The summed E-state index contributed by atoms with van der Waals surface area (Å²) in [5.74, 6) is 0. The highest BCUT2D eigenvalue weighted by atomic mass is 32.2. The van der Waals surface area contributed by atoms with E-state index in [0.717, 1.165) is 4.31 Å². The van der Waals surface area contributed by atoms with Gasteiger partial charge < -0.3 is 4.74 Å². The van der Waals surface area contributed by atoms with Gasteiger partial charge >= 0.3 is 0 Å². The summed E-state index contributed by atoms with van der Waals surface area (Å²) in [6.45, 7) is 7.98. The number of ether oxygens (including phenoxy) is 1. The third-order valence-corrected chi connectivity index (χ3v) is 2.06. The fourth-order valence-electron chi connectivity index (χ4n) is 0.809. The summed E-state index contributed by atoms with van der Waals surface area (Å²) in [6.07, 6.45) is 1.18. The molecule has 0 unspecified atom stereocenters. The monoisotopic (exact) mass is 193 g/mol. The van der Waals surface area contributed by atoms with Gasteiger partial charge in [-0.25, -0.2) is 8.42 Å². The van der Waals surface area contributed by atoms with Gasteiger partial charge in [0.2, 0.25) is 10.9 Å². The first-order valence-electron chi connectivity index (χ1n) is 3.76. The van der Waals surface area contributed by atoms with E-state index in [1.165, 1.54) is 6.20 Å². The van der Waals surface area contributed by atoms with E-state index in [2.05, 4.69) is 6.58 Å². The molecular formula is C7H15NO3S. The smallest absolute Gasteiger partial charge is 0.224 e. The van der Waals surface area contributed by atoms with Crippen LogP contribution in [0.5, 0.6) is 0 Å². The molecule has 72 valence electrons. The van der Waals surface area contributed by atoms with Crippen LogP contribution in [0.2, 0.25) is 0 Å². The predicted molar refractivity (Wildman–Crippen MR) is 48.3 cm³/mol. The quantitative estimate of drug-likeness (QED) is 0.620. The molecule has 1 atom stereocenters. The summed E-state index contributed by atoms with van der Waals surface area (Å²) < 4.78 is 27.3. The first-order chi connectivity index (χ1) is 5.61. The minimum atomic E-state index is -2.57. The summed E-state index contributed by atoms with van der Waals surface area (Å²) in [5, 5.41) is 0. The summed E-state index contributed by atoms with van der Waals surface area (Å²) in [4.78, 5) is 0. The van der Waals surface area contributed by atoms with E-state index in [4.69, 9.17) is 4.74 Å². The first kappa shape index (κ1) is 11.4. The van der Waals surface area contributed by atoms with Crippen LogP contribution in [0.1, 0.15) is 13.8 Å². The fraction of sp³-hybridized carbons (Fsp3) is 0.714. The van der Waals surface area contributed by atoms with E-state index in [-0.39, 0.29) is 6.10 Å². The molecule has 0 aromatic rings. The van der Waals surface area contributed by atoms with Crippen molar-refractivity contribution in [2.24, 2.45) is 0 Å². The van der Waals surface area contributed by atoms with Crippen molar-refractivity contribution < 1.29 is 13.2 Å². The molecular weight excluding hydrogens is 178 g/mol. The fourth-order valence-corrected chi connectivity index (χ4v) is 1.31. The second kappa shape index (κ2) is 6.02. The molecule has 0 heterocycles. The van der Waals surface area contributed by atoms with Crippen molar-refractivity contribution in [1.29, 1.82) is 0 Å². The molecule has 0 aromatic carbocycles. The predicted octanol–water partition coefficient (Wildman–Crippen LogP) is 0.383. The van der Waals surface area contributed by atoms with Gasteiger partial charge in [-0.3, -0.25) is 4.31 Å². The lowest BCUT2D eigenvalue weighted by Crippen LogP contribution is -2.27. The Morgan fingerprint density at radius 2 is 2.25 bits per heavy atom. The van der Waals surface area contributed by atoms with Crippen LogP contribution >= 0.6 is 0 Å². The van der Waals surface area contributed by atoms with Gasteiger partial charge in [0.1, 0.15) is 0 Å². The zero-order chi connectivity index (χ0) is 9.56. The van der Waals surface area contributed by atoms with Crippen LogP contribution in [-0.2, 0) is 15.6 Å². The second-order valence-corrected chi connectivity index (χ2v) is 3.30. The van der Waals surface area contributed by atoms with E-state index in [9.17, 15) is 8.42 Å². The van der Waals surface area contributed by atoms with Crippen molar-refractivity contribution in [2.45, 2.75) is 20.0 Å². The van der Waals surface area contributed by atoms with Crippen LogP contribution in [0.3, 0.4) is 0 Å². The van der Waals surface area contributed by atoms with Crippen molar-refractivity contribution in [3.05, 3.63) is 12.8 Å². The molecule has 0 aliphatic heterocycles. The average Bonchev–Trinajstić information content (AvgIpc) is 2.00. The molecule has 0 saturated carbocycles. The number of hydrogen-bond acceptors (Lipinski definition) is 3. The molecule has 0 radical (unpaired) electrons. The van der Waals surface area contributed by atoms with E-state index in [1.54, 1.807) is 0 Å². The molecule has 0 N–H and O–H groups in total. The van der Waals surface area contributed by atoms with Crippen LogP contribution in [0.4, 0.5) is 0 Å². The lowest BCUT2D eigenvalue weighted by atomic mass is 10.4. The third-order valence-electron chi connectivity index (χ3n) is 1.32. The highest BCUT2D eigenvalue weighted by Crippen LogP contribution is 1.96. The van der Waals surface area contributed by atoms with Gasteiger partial charge in [0, 0.05) is 12.8 Å². The Balaban J connectivity index is 3.93. The Morgan fingerprint density at radius 1 is 1.67 bits per heavy atom. The Bertz CT molecular complexity index is 195. The molecule has 0 saturated heterocycles. The van der Waals surface area contributed by atoms with E-state index >= 15 is 0 Å². The van der Waals surface area contributed by atoms with Gasteiger partial charge in [0.15, 0.2) is 0 Å². The van der Waals surface area contributed by atoms with Crippen LogP contribution in [0, 0.1) is 0 Å². The molecule has 0 fully saturated rings. The normalized spacial score (nSPS) is 12.9. The lowest BCUT2D eigenvalue weighted by Gasteiger charge is -2.17. The van der Waals surface area contributed by atoms with Crippen molar-refractivity contribution in [1.82, 2.24) is 4.31 Å². The van der Waals surface area contributed by atoms with Crippen molar-refractivity contribution >= 4 is 10.9 Å². The number of rotatable bonds is 6. The Morgan fingerprint density at radius 3 is 2.58 bits per heavy atom. The standard InChI is InChI=1S/C7H15NO3S/c1-4-8(12(9)10)6-7(3)11-5-2/h4,7,12H,1,5-6H2,2-3H3/t7-/m0/s1. The SMILES string of the molecule is C=CN(C[C@H](C)OCC)[SH](=O)=O. The molecule has 4 nitrogen and oxygen atoms in total. The summed E-state index contributed by atoms with van der Waals surface area (Å²) >= 11 is 0. The summed E-state index contributed by atoms with van der Waals surface area (Å²) in [7, 11) is -2.57. The van der Waals surface area contributed by atoms with Crippen LogP contribution in [0.25, 0.3) is 0 Å². The van der Waals surface area contributed by atoms with Gasteiger partial charge in [0.05, 0.1) is 12.6 Å². The Hall–Kier alpha value is -0.550. The van der Waals surface area contributed by atoms with Crippen LogP contribution < -0.4 is 0 Å². The van der Waals surface area contributed by atoms with Crippen molar-refractivity contribution in [3.8, 4) is 0 Å². The van der Waals surface area contributed by atoms with E-state index < -0.39 is 10.9 Å². The van der Waals surface area contributed by atoms with Crippen LogP contribution in [0.15, 0.2) is 12.8 Å². The number of nitrogens with zero attached hydrogens (tertiary/aromatic N) is 1. The molecule has 0 aromatic heterocycles. The van der Waals surface area contributed by atoms with Crippen LogP contribution in [-0.4, -0.2) is 32.0 Å². The zero-order valence-corrected chi connectivity index (χ0v) is 8.29. The third kappa shape index (κ3) is 4.35. The molecule has 5 heteroatoms. The van der Waals surface area contributed by atoms with Crippen molar-refractivity contribution in [2.75, 3.05) is 13.2 Å². The lowest BCUT2D eigenvalue weighted by molar-refractivity contribution is 0.0684. The van der Waals surface area contributed by atoms with E-state index in [1.807, 2.05) is 13.8 Å². The maximum absolute atomic E-state index is 10.5. The number of hydrogen-bond donors (Lipinski definition) is 1. The maximum atomic E-state index is 10.5. The topological polar surface area (TPSA) is 46.6 Å². The van der Waals surface area contributed by atoms with Gasteiger partial charge in [-0.2, -0.15) is 0 Å². The average molecular weight is 193 g/mol. The first-order valence-corrected chi connectivity index (χ1v) is 4.90. The Kier molecular flexibility index (Phi) is 5.74. The minimum Gasteiger partial charge on any atom is -0.377 e. The number of thiol groups is 1. The second-order valence-electron chi connectivity index (χ2n) is 2.31. The highest BCUT2D eigenvalue weighted by Gasteiger charge is 2.06.